The molecule has 1 aromatic carbocycles. The van der Waals surface area contributed by atoms with Crippen LogP contribution in [0.2, 0.25) is 0 Å². The van der Waals surface area contributed by atoms with Crippen LogP contribution in [0.25, 0.3) is 6.08 Å². The zero-order chi connectivity index (χ0) is 16.8. The summed E-state index contributed by atoms with van der Waals surface area (Å²) in [6.07, 6.45) is 3.45. The number of aldehydes is 1. The van der Waals surface area contributed by atoms with Crippen molar-refractivity contribution >= 4 is 18.5 Å². The van der Waals surface area contributed by atoms with Crippen molar-refractivity contribution in [1.82, 2.24) is 5.32 Å². The Bertz CT molecular complexity index is 573. The van der Waals surface area contributed by atoms with Crippen molar-refractivity contribution in [3.63, 3.8) is 0 Å². The maximum Gasteiger partial charge on any atom is 0.407 e. The maximum atomic E-state index is 11.5. The zero-order valence-electron chi connectivity index (χ0n) is 13.2. The highest BCUT2D eigenvalue weighted by Gasteiger charge is 2.15. The Morgan fingerprint density at radius 2 is 2.00 bits per heavy atom. The number of carbonyl (C=O) groups excluding carboxylic acids is 2. The van der Waals surface area contributed by atoms with Crippen LogP contribution < -0.4 is 10.1 Å². The Kier molecular flexibility index (Phi) is 5.98. The second-order valence-corrected chi connectivity index (χ2v) is 5.56. The molecular formula is C16H21NO5. The number of rotatable bonds is 5. The number of carbonyl (C=O) groups is 2. The molecule has 6 nitrogen and oxygen atoms in total. The number of nitrogens with one attached hydrogen (secondary N) is 1. The van der Waals surface area contributed by atoms with E-state index in [2.05, 4.69) is 5.32 Å². The van der Waals surface area contributed by atoms with Crippen LogP contribution >= 0.6 is 0 Å². The van der Waals surface area contributed by atoms with E-state index in [1.807, 2.05) is 0 Å². The third-order valence-corrected chi connectivity index (χ3v) is 2.57. The van der Waals surface area contributed by atoms with Gasteiger partial charge in [0.15, 0.2) is 17.8 Å². The fraction of sp³-hybridized carbons (Fsp3) is 0.375. The molecule has 1 amide bonds. The van der Waals surface area contributed by atoms with Gasteiger partial charge in [-0.15, -0.1) is 0 Å². The molecule has 0 saturated heterocycles. The molecule has 0 radical (unpaired) electrons. The van der Waals surface area contributed by atoms with E-state index in [1.54, 1.807) is 39.0 Å². The number of methoxy groups -OCH3 is 1. The van der Waals surface area contributed by atoms with E-state index in [1.165, 1.54) is 13.2 Å². The lowest BCUT2D eigenvalue weighted by atomic mass is 10.1. The van der Waals surface area contributed by atoms with Gasteiger partial charge < -0.3 is 19.9 Å². The number of amides is 1. The number of alkyl carbamates (subject to hydrolysis) is 1. The van der Waals surface area contributed by atoms with E-state index in [0.717, 1.165) is 0 Å². The highest BCUT2D eigenvalue weighted by molar-refractivity contribution is 5.83. The molecule has 1 aromatic rings. The Morgan fingerprint density at radius 1 is 1.32 bits per heavy atom. The predicted octanol–water partition coefficient (Wildman–Crippen LogP) is 2.75. The monoisotopic (exact) mass is 307 g/mol. The van der Waals surface area contributed by atoms with Crippen molar-refractivity contribution in [2.24, 2.45) is 0 Å². The Labute approximate surface area is 129 Å². The number of phenols is 1. The first kappa shape index (κ1) is 17.6. The lowest BCUT2D eigenvalue weighted by Gasteiger charge is -2.19. The Balaban J connectivity index is 2.70. The van der Waals surface area contributed by atoms with Crippen molar-refractivity contribution < 1.29 is 24.2 Å². The molecule has 0 spiro atoms. The molecule has 120 valence electrons. The summed E-state index contributed by atoms with van der Waals surface area (Å²) in [6, 6.07) is 2.87. The second kappa shape index (κ2) is 7.49. The molecule has 0 fully saturated rings. The minimum atomic E-state index is -0.553. The quantitative estimate of drug-likeness (QED) is 0.817. The van der Waals surface area contributed by atoms with Crippen molar-refractivity contribution in [1.29, 1.82) is 0 Å². The maximum absolute atomic E-state index is 11.5. The van der Waals surface area contributed by atoms with Crippen molar-refractivity contribution in [3.8, 4) is 11.5 Å². The molecule has 0 bridgehead atoms. The molecule has 22 heavy (non-hydrogen) atoms. The fourth-order valence-electron chi connectivity index (χ4n) is 1.65. The van der Waals surface area contributed by atoms with Crippen LogP contribution in [-0.2, 0) is 4.74 Å². The largest absolute Gasteiger partial charge is 0.504 e. The lowest BCUT2D eigenvalue weighted by Crippen LogP contribution is -2.32. The van der Waals surface area contributed by atoms with Crippen LogP contribution in [-0.4, -0.2) is 36.7 Å². The highest BCUT2D eigenvalue weighted by atomic mass is 16.6. The van der Waals surface area contributed by atoms with Gasteiger partial charge in [0.1, 0.15) is 5.60 Å². The zero-order valence-corrected chi connectivity index (χ0v) is 13.2. The number of phenolic OH excluding ortho intramolecular Hbond substituents is 1. The third-order valence-electron chi connectivity index (χ3n) is 2.57. The fourth-order valence-corrected chi connectivity index (χ4v) is 1.65. The number of ether oxygens (including phenoxy) is 2. The molecule has 6 heteroatoms. The molecule has 1 rings (SSSR count). The lowest BCUT2D eigenvalue weighted by molar-refractivity contribution is 0.0534. The summed E-state index contributed by atoms with van der Waals surface area (Å²) < 4.78 is 10.1. The standard InChI is InChI=1S/C16H21NO5/c1-16(2,3)22-15(20)17-7-5-6-11-9-14(21-4)13(19)8-12(11)10-18/h5-6,8-10,19H,7H2,1-4H3,(H,17,20). The molecule has 0 heterocycles. The molecule has 0 aliphatic carbocycles. The van der Waals surface area contributed by atoms with Crippen LogP contribution in [0.4, 0.5) is 4.79 Å². The first-order valence-corrected chi connectivity index (χ1v) is 6.76. The van der Waals surface area contributed by atoms with E-state index >= 15 is 0 Å². The van der Waals surface area contributed by atoms with E-state index < -0.39 is 11.7 Å². The summed E-state index contributed by atoms with van der Waals surface area (Å²) in [4.78, 5) is 22.5. The SMILES string of the molecule is COc1cc(C=CCNC(=O)OC(C)(C)C)c(C=O)cc1O. The van der Waals surface area contributed by atoms with Gasteiger partial charge in [0.25, 0.3) is 0 Å². The highest BCUT2D eigenvalue weighted by Crippen LogP contribution is 2.29. The molecule has 0 unspecified atom stereocenters. The average Bonchev–Trinajstić information content (AvgIpc) is 2.42. The molecule has 0 aliphatic heterocycles. The first-order valence-electron chi connectivity index (χ1n) is 6.76. The number of hydrogen-bond donors (Lipinski definition) is 2. The van der Waals surface area contributed by atoms with Crippen LogP contribution in [0.15, 0.2) is 18.2 Å². The van der Waals surface area contributed by atoms with Crippen LogP contribution in [0, 0.1) is 0 Å². The second-order valence-electron chi connectivity index (χ2n) is 5.56. The summed E-state index contributed by atoms with van der Waals surface area (Å²) in [7, 11) is 1.42. The Morgan fingerprint density at radius 3 is 2.55 bits per heavy atom. The normalized spacial score (nSPS) is 11.3. The van der Waals surface area contributed by atoms with Gasteiger partial charge in [0.2, 0.25) is 0 Å². The molecule has 0 aromatic heterocycles. The smallest absolute Gasteiger partial charge is 0.407 e. The number of benzene rings is 1. The van der Waals surface area contributed by atoms with E-state index in [9.17, 15) is 14.7 Å². The summed E-state index contributed by atoms with van der Waals surface area (Å²) in [6.45, 7) is 5.58. The molecular weight excluding hydrogens is 286 g/mol. The number of hydrogen-bond acceptors (Lipinski definition) is 5. The summed E-state index contributed by atoms with van der Waals surface area (Å²) >= 11 is 0. The summed E-state index contributed by atoms with van der Waals surface area (Å²) in [5.74, 6) is 0.166. The van der Waals surface area contributed by atoms with Crippen molar-refractivity contribution in [2.75, 3.05) is 13.7 Å². The topological polar surface area (TPSA) is 84.9 Å². The minimum Gasteiger partial charge on any atom is -0.504 e. The molecule has 0 aliphatic rings. The van der Waals surface area contributed by atoms with Crippen LogP contribution in [0.3, 0.4) is 0 Å². The molecule has 2 N–H and O–H groups in total. The number of aromatic hydroxyl groups is 1. The van der Waals surface area contributed by atoms with Gasteiger partial charge in [-0.3, -0.25) is 4.79 Å². The van der Waals surface area contributed by atoms with Gasteiger partial charge in [-0.05, 0) is 38.5 Å². The summed E-state index contributed by atoms with van der Waals surface area (Å²) in [5, 5.41) is 12.2. The van der Waals surface area contributed by atoms with Gasteiger partial charge in [-0.25, -0.2) is 4.79 Å². The first-order chi connectivity index (χ1) is 10.3. The summed E-state index contributed by atoms with van der Waals surface area (Å²) in [5.41, 5.74) is 0.352. The van der Waals surface area contributed by atoms with Gasteiger partial charge in [0, 0.05) is 12.1 Å². The van der Waals surface area contributed by atoms with Gasteiger partial charge in [-0.1, -0.05) is 12.2 Å². The van der Waals surface area contributed by atoms with Gasteiger partial charge in [-0.2, -0.15) is 0 Å². The van der Waals surface area contributed by atoms with Crippen molar-refractivity contribution in [2.45, 2.75) is 26.4 Å². The average molecular weight is 307 g/mol. The van der Waals surface area contributed by atoms with Crippen LogP contribution in [0.5, 0.6) is 11.5 Å². The van der Waals surface area contributed by atoms with E-state index in [-0.39, 0.29) is 18.0 Å². The Hall–Kier alpha value is -2.50. The van der Waals surface area contributed by atoms with Crippen LogP contribution in [0.1, 0.15) is 36.7 Å². The third kappa shape index (κ3) is 5.47. The van der Waals surface area contributed by atoms with Gasteiger partial charge in [0.05, 0.1) is 7.11 Å². The van der Waals surface area contributed by atoms with Gasteiger partial charge >= 0.3 is 6.09 Å². The molecule has 0 saturated carbocycles. The van der Waals surface area contributed by atoms with Crippen molar-refractivity contribution in [3.05, 3.63) is 29.3 Å². The van der Waals surface area contributed by atoms with E-state index in [4.69, 9.17) is 9.47 Å². The van der Waals surface area contributed by atoms with E-state index in [0.29, 0.717) is 17.4 Å². The molecule has 0 atom stereocenters. The minimum absolute atomic E-state index is 0.103. The predicted molar refractivity (Wildman–Crippen MR) is 83.3 cm³/mol.